The molecule has 0 aliphatic heterocycles. The molecule has 2 rings (SSSR count). The smallest absolute Gasteiger partial charge is 0.322 e. The number of anilines is 1. The Labute approximate surface area is 149 Å². The number of amides is 2. The van der Waals surface area contributed by atoms with Gasteiger partial charge in [-0.15, -0.1) is 0 Å². The van der Waals surface area contributed by atoms with Gasteiger partial charge >= 0.3 is 6.03 Å². The second-order valence-corrected chi connectivity index (χ2v) is 6.02. The van der Waals surface area contributed by atoms with E-state index in [4.69, 9.17) is 9.47 Å². The number of rotatable bonds is 8. The van der Waals surface area contributed by atoms with Crippen LogP contribution in [0.15, 0.2) is 54.6 Å². The van der Waals surface area contributed by atoms with Gasteiger partial charge in [0.05, 0.1) is 12.7 Å². The molecule has 0 spiro atoms. The van der Waals surface area contributed by atoms with Crippen molar-refractivity contribution in [1.82, 2.24) is 4.90 Å². The maximum absolute atomic E-state index is 12.6. The van der Waals surface area contributed by atoms with Crippen LogP contribution in [0.3, 0.4) is 0 Å². The SMILES string of the molecule is COCCN(Cc1ccccc1)C(=O)Nc1ccc(OC(C)C)cc1. The second-order valence-electron chi connectivity index (χ2n) is 6.02. The van der Waals surface area contributed by atoms with Gasteiger partial charge in [-0.05, 0) is 43.7 Å². The number of hydrogen-bond donors (Lipinski definition) is 1. The number of carbonyl (C=O) groups is 1. The van der Waals surface area contributed by atoms with Crippen molar-refractivity contribution in [2.45, 2.75) is 26.5 Å². The Hall–Kier alpha value is -2.53. The van der Waals surface area contributed by atoms with Crippen LogP contribution in [0.1, 0.15) is 19.4 Å². The molecule has 0 saturated carbocycles. The van der Waals surface area contributed by atoms with Crippen molar-refractivity contribution in [3.05, 3.63) is 60.2 Å². The molecular formula is C20H26N2O3. The molecule has 0 atom stereocenters. The fourth-order valence-electron chi connectivity index (χ4n) is 2.35. The van der Waals surface area contributed by atoms with Gasteiger partial charge in [0, 0.05) is 25.9 Å². The average Bonchev–Trinajstić information content (AvgIpc) is 2.60. The minimum absolute atomic E-state index is 0.121. The molecule has 2 aromatic rings. The van der Waals surface area contributed by atoms with Gasteiger partial charge in [-0.25, -0.2) is 4.79 Å². The van der Waals surface area contributed by atoms with Crippen molar-refractivity contribution >= 4 is 11.7 Å². The Balaban J connectivity index is 2.00. The third-order valence-electron chi connectivity index (χ3n) is 3.55. The number of hydrogen-bond acceptors (Lipinski definition) is 3. The number of nitrogens with one attached hydrogen (secondary N) is 1. The van der Waals surface area contributed by atoms with Gasteiger partial charge in [-0.3, -0.25) is 0 Å². The number of urea groups is 1. The van der Waals surface area contributed by atoms with Gasteiger partial charge in [0.25, 0.3) is 0 Å². The van der Waals surface area contributed by atoms with Crippen LogP contribution in [-0.4, -0.2) is 37.3 Å². The molecule has 134 valence electrons. The van der Waals surface area contributed by atoms with Crippen molar-refractivity contribution in [3.8, 4) is 5.75 Å². The first-order valence-corrected chi connectivity index (χ1v) is 8.44. The van der Waals surface area contributed by atoms with Crippen LogP contribution in [0.4, 0.5) is 10.5 Å². The fourth-order valence-corrected chi connectivity index (χ4v) is 2.35. The first-order valence-electron chi connectivity index (χ1n) is 8.44. The summed E-state index contributed by atoms with van der Waals surface area (Å²) in [6.45, 7) is 5.50. The van der Waals surface area contributed by atoms with E-state index in [1.165, 1.54) is 0 Å². The van der Waals surface area contributed by atoms with Crippen molar-refractivity contribution in [3.63, 3.8) is 0 Å². The van der Waals surface area contributed by atoms with E-state index in [2.05, 4.69) is 5.32 Å². The lowest BCUT2D eigenvalue weighted by Crippen LogP contribution is -2.36. The lowest BCUT2D eigenvalue weighted by molar-refractivity contribution is 0.153. The molecule has 5 heteroatoms. The highest BCUT2D eigenvalue weighted by molar-refractivity contribution is 5.89. The van der Waals surface area contributed by atoms with Crippen LogP contribution in [0, 0.1) is 0 Å². The van der Waals surface area contributed by atoms with Crippen molar-refractivity contribution in [1.29, 1.82) is 0 Å². The van der Waals surface area contributed by atoms with E-state index in [9.17, 15) is 4.79 Å². The maximum atomic E-state index is 12.6. The Kier molecular flexibility index (Phi) is 7.29. The molecule has 1 N–H and O–H groups in total. The summed E-state index contributed by atoms with van der Waals surface area (Å²) in [6, 6.07) is 17.1. The zero-order chi connectivity index (χ0) is 18.1. The quantitative estimate of drug-likeness (QED) is 0.784. The number of carbonyl (C=O) groups excluding carboxylic acids is 1. The highest BCUT2D eigenvalue weighted by atomic mass is 16.5. The standard InChI is InChI=1S/C20H26N2O3/c1-16(2)25-19-11-9-18(10-12-19)21-20(23)22(13-14-24-3)15-17-7-5-4-6-8-17/h4-12,16H,13-15H2,1-3H3,(H,21,23). The predicted molar refractivity (Wildman–Crippen MR) is 100.0 cm³/mol. The number of benzene rings is 2. The van der Waals surface area contributed by atoms with Crippen LogP contribution in [-0.2, 0) is 11.3 Å². The minimum atomic E-state index is -0.154. The lowest BCUT2D eigenvalue weighted by Gasteiger charge is -2.23. The minimum Gasteiger partial charge on any atom is -0.491 e. The highest BCUT2D eigenvalue weighted by Gasteiger charge is 2.14. The molecular weight excluding hydrogens is 316 g/mol. The summed E-state index contributed by atoms with van der Waals surface area (Å²) in [5.41, 5.74) is 1.81. The molecule has 25 heavy (non-hydrogen) atoms. The Morgan fingerprint density at radius 3 is 2.36 bits per heavy atom. The van der Waals surface area contributed by atoms with Gasteiger partial charge in [0.2, 0.25) is 0 Å². The molecule has 0 radical (unpaired) electrons. The Morgan fingerprint density at radius 1 is 1.08 bits per heavy atom. The van der Waals surface area contributed by atoms with Crippen LogP contribution in [0.2, 0.25) is 0 Å². The summed E-state index contributed by atoms with van der Waals surface area (Å²) < 4.78 is 10.7. The molecule has 0 unspecified atom stereocenters. The first-order chi connectivity index (χ1) is 12.1. The van der Waals surface area contributed by atoms with E-state index in [1.807, 2.05) is 68.4 Å². The summed E-state index contributed by atoms with van der Waals surface area (Å²) in [5.74, 6) is 0.786. The van der Waals surface area contributed by atoms with Crippen LogP contribution < -0.4 is 10.1 Å². The van der Waals surface area contributed by atoms with E-state index in [-0.39, 0.29) is 12.1 Å². The molecule has 0 aliphatic rings. The average molecular weight is 342 g/mol. The van der Waals surface area contributed by atoms with Gasteiger partial charge in [-0.2, -0.15) is 0 Å². The molecule has 0 bridgehead atoms. The number of methoxy groups -OCH3 is 1. The monoisotopic (exact) mass is 342 g/mol. The number of nitrogens with zero attached hydrogens (tertiary/aromatic N) is 1. The zero-order valence-corrected chi connectivity index (χ0v) is 15.1. The molecule has 0 aliphatic carbocycles. The molecule has 0 saturated heterocycles. The van der Waals surface area contributed by atoms with Crippen LogP contribution >= 0.6 is 0 Å². The molecule has 2 aromatic carbocycles. The predicted octanol–water partition coefficient (Wildman–Crippen LogP) is 4.15. The highest BCUT2D eigenvalue weighted by Crippen LogP contribution is 2.17. The molecule has 5 nitrogen and oxygen atoms in total. The van der Waals surface area contributed by atoms with E-state index < -0.39 is 0 Å². The third kappa shape index (κ3) is 6.47. The van der Waals surface area contributed by atoms with Crippen molar-refractivity contribution < 1.29 is 14.3 Å². The van der Waals surface area contributed by atoms with Crippen molar-refractivity contribution in [2.24, 2.45) is 0 Å². The topological polar surface area (TPSA) is 50.8 Å². The summed E-state index contributed by atoms with van der Waals surface area (Å²) in [6.07, 6.45) is 0.121. The maximum Gasteiger partial charge on any atom is 0.322 e. The molecule has 0 fully saturated rings. The van der Waals surface area contributed by atoms with Gasteiger partial charge < -0.3 is 19.7 Å². The molecule has 2 amide bonds. The van der Waals surface area contributed by atoms with Gasteiger partial charge in [0.1, 0.15) is 5.75 Å². The largest absolute Gasteiger partial charge is 0.491 e. The van der Waals surface area contributed by atoms with E-state index in [1.54, 1.807) is 12.0 Å². The second kappa shape index (κ2) is 9.69. The molecule has 0 heterocycles. The Bertz CT molecular complexity index is 642. The molecule has 0 aromatic heterocycles. The summed E-state index contributed by atoms with van der Waals surface area (Å²) >= 11 is 0. The first kappa shape index (κ1) is 18.8. The summed E-state index contributed by atoms with van der Waals surface area (Å²) in [7, 11) is 1.63. The third-order valence-corrected chi connectivity index (χ3v) is 3.55. The summed E-state index contributed by atoms with van der Waals surface area (Å²) in [5, 5.41) is 2.93. The number of ether oxygens (including phenoxy) is 2. The fraction of sp³-hybridized carbons (Fsp3) is 0.350. The lowest BCUT2D eigenvalue weighted by atomic mass is 10.2. The van der Waals surface area contributed by atoms with E-state index in [0.717, 1.165) is 17.0 Å². The van der Waals surface area contributed by atoms with E-state index >= 15 is 0 Å². The van der Waals surface area contributed by atoms with Gasteiger partial charge in [0.15, 0.2) is 0 Å². The van der Waals surface area contributed by atoms with Gasteiger partial charge in [-0.1, -0.05) is 30.3 Å². The van der Waals surface area contributed by atoms with E-state index in [0.29, 0.717) is 19.7 Å². The van der Waals surface area contributed by atoms with Crippen LogP contribution in [0.25, 0.3) is 0 Å². The van der Waals surface area contributed by atoms with Crippen molar-refractivity contribution in [2.75, 3.05) is 25.6 Å². The normalized spacial score (nSPS) is 10.6. The zero-order valence-electron chi connectivity index (χ0n) is 15.1. The van der Waals surface area contributed by atoms with Crippen LogP contribution in [0.5, 0.6) is 5.75 Å². The Morgan fingerprint density at radius 2 is 1.76 bits per heavy atom. The summed E-state index contributed by atoms with van der Waals surface area (Å²) in [4.78, 5) is 14.3.